The smallest absolute Gasteiger partial charge is 0.156 e. The largest absolute Gasteiger partial charge is 0.363 e. The third-order valence-corrected chi connectivity index (χ3v) is 3.82. The maximum absolute atomic E-state index is 4.37. The fourth-order valence-corrected chi connectivity index (χ4v) is 2.75. The Bertz CT molecular complexity index is 232. The first kappa shape index (κ1) is 17.3. The zero-order valence-electron chi connectivity index (χ0n) is 10.2. The molecule has 2 aliphatic rings. The normalized spacial score (nSPS) is 21.1. The first-order valence-electron chi connectivity index (χ1n) is 5.66. The lowest BCUT2D eigenvalue weighted by molar-refractivity contribution is 0.161. The van der Waals surface area contributed by atoms with Gasteiger partial charge in [0.05, 0.1) is 6.54 Å². The van der Waals surface area contributed by atoms with Gasteiger partial charge in [0.1, 0.15) is 0 Å². The molecule has 0 aromatic rings. The minimum Gasteiger partial charge on any atom is -0.363 e. The number of likely N-dealkylation sites (N-methyl/N-ethyl adjacent to an activating group) is 1. The highest BCUT2D eigenvalue weighted by Gasteiger charge is 2.13. The number of halogens is 2. The lowest BCUT2D eigenvalue weighted by atomic mass is 10.3. The summed E-state index contributed by atoms with van der Waals surface area (Å²) < 4.78 is 0. The van der Waals surface area contributed by atoms with Crippen molar-refractivity contribution in [1.82, 2.24) is 15.1 Å². The summed E-state index contributed by atoms with van der Waals surface area (Å²) in [7, 11) is 2.20. The summed E-state index contributed by atoms with van der Waals surface area (Å²) in [6.07, 6.45) is 0. The van der Waals surface area contributed by atoms with Crippen LogP contribution in [0.2, 0.25) is 0 Å². The molecular formula is C10H22Cl2N4S. The van der Waals surface area contributed by atoms with Crippen molar-refractivity contribution in [2.24, 2.45) is 4.99 Å². The van der Waals surface area contributed by atoms with Crippen LogP contribution in [0.4, 0.5) is 0 Å². The Hall–Kier alpha value is 0.320. The van der Waals surface area contributed by atoms with Crippen molar-refractivity contribution in [1.29, 1.82) is 0 Å². The zero-order chi connectivity index (χ0) is 10.5. The van der Waals surface area contributed by atoms with Crippen LogP contribution in [-0.4, -0.2) is 73.6 Å². The Labute approximate surface area is 120 Å². The van der Waals surface area contributed by atoms with E-state index in [9.17, 15) is 0 Å². The van der Waals surface area contributed by atoms with Crippen LogP contribution in [0.3, 0.4) is 0 Å². The van der Waals surface area contributed by atoms with E-state index in [-0.39, 0.29) is 24.8 Å². The van der Waals surface area contributed by atoms with Crippen LogP contribution in [0.15, 0.2) is 4.99 Å². The molecule has 0 aromatic carbocycles. The van der Waals surface area contributed by atoms with E-state index in [0.29, 0.717) is 0 Å². The van der Waals surface area contributed by atoms with Gasteiger partial charge in [0.25, 0.3) is 0 Å². The number of nitrogens with one attached hydrogen (secondary N) is 1. The van der Waals surface area contributed by atoms with Gasteiger partial charge >= 0.3 is 0 Å². The van der Waals surface area contributed by atoms with Gasteiger partial charge in [0.2, 0.25) is 0 Å². The molecule has 7 heteroatoms. The molecule has 0 aliphatic carbocycles. The van der Waals surface area contributed by atoms with E-state index in [1.807, 2.05) is 11.8 Å². The number of thioether (sulfide) groups is 1. The minimum atomic E-state index is 0. The van der Waals surface area contributed by atoms with Gasteiger partial charge in [0.15, 0.2) is 5.17 Å². The molecule has 102 valence electrons. The number of nitrogens with zero attached hydrogens (tertiary/aromatic N) is 3. The van der Waals surface area contributed by atoms with Crippen LogP contribution in [0.25, 0.3) is 0 Å². The first-order valence-corrected chi connectivity index (χ1v) is 6.65. The standard InChI is InChI=1S/C10H20N4S.2ClH/c1-13-4-6-14(7-5-13)8-9-15-10-11-2-3-12-10;;/h2-9H2,1H3,(H,11,12);2*1H. The molecule has 0 spiro atoms. The van der Waals surface area contributed by atoms with E-state index in [1.165, 1.54) is 32.7 Å². The van der Waals surface area contributed by atoms with Gasteiger partial charge in [-0.2, -0.15) is 0 Å². The second kappa shape index (κ2) is 9.28. The third kappa shape index (κ3) is 6.15. The zero-order valence-corrected chi connectivity index (χ0v) is 12.7. The average molecular weight is 301 g/mol. The highest BCUT2D eigenvalue weighted by molar-refractivity contribution is 8.13. The number of hydrogen-bond donors (Lipinski definition) is 1. The molecule has 17 heavy (non-hydrogen) atoms. The van der Waals surface area contributed by atoms with Gasteiger partial charge in [0, 0.05) is 45.0 Å². The maximum Gasteiger partial charge on any atom is 0.156 e. The number of aliphatic imine (C=N–C) groups is 1. The van der Waals surface area contributed by atoms with Crippen LogP contribution in [-0.2, 0) is 0 Å². The summed E-state index contributed by atoms with van der Waals surface area (Å²) >= 11 is 1.86. The minimum absolute atomic E-state index is 0. The fraction of sp³-hybridized carbons (Fsp3) is 0.900. The number of rotatable bonds is 3. The van der Waals surface area contributed by atoms with Crippen LogP contribution >= 0.6 is 36.6 Å². The van der Waals surface area contributed by atoms with Crippen molar-refractivity contribution in [3.8, 4) is 0 Å². The monoisotopic (exact) mass is 300 g/mol. The third-order valence-electron chi connectivity index (χ3n) is 2.89. The van der Waals surface area contributed by atoms with Crippen molar-refractivity contribution in [3.63, 3.8) is 0 Å². The van der Waals surface area contributed by atoms with Crippen LogP contribution < -0.4 is 5.32 Å². The summed E-state index contributed by atoms with van der Waals surface area (Å²) in [6, 6.07) is 0. The van der Waals surface area contributed by atoms with E-state index >= 15 is 0 Å². The van der Waals surface area contributed by atoms with E-state index in [2.05, 4.69) is 27.2 Å². The molecule has 2 rings (SSSR count). The fourth-order valence-electron chi connectivity index (χ4n) is 1.82. The predicted molar refractivity (Wildman–Crippen MR) is 81.2 cm³/mol. The molecule has 1 saturated heterocycles. The molecule has 0 bridgehead atoms. The van der Waals surface area contributed by atoms with E-state index in [4.69, 9.17) is 0 Å². The Kier molecular flexibility index (Phi) is 9.45. The summed E-state index contributed by atoms with van der Waals surface area (Å²) in [5.74, 6) is 1.16. The Balaban J connectivity index is 0.00000128. The van der Waals surface area contributed by atoms with Gasteiger partial charge in [-0.3, -0.25) is 9.89 Å². The Morgan fingerprint density at radius 1 is 1.24 bits per heavy atom. The van der Waals surface area contributed by atoms with Crippen LogP contribution in [0, 0.1) is 0 Å². The molecule has 4 nitrogen and oxygen atoms in total. The summed E-state index contributed by atoms with van der Waals surface area (Å²) in [6.45, 7) is 8.04. The number of piperazine rings is 1. The molecule has 1 N–H and O–H groups in total. The lowest BCUT2D eigenvalue weighted by Crippen LogP contribution is -2.45. The number of amidine groups is 1. The molecule has 2 heterocycles. The van der Waals surface area contributed by atoms with Gasteiger partial charge in [-0.05, 0) is 7.05 Å². The second-order valence-electron chi connectivity index (χ2n) is 4.11. The van der Waals surface area contributed by atoms with E-state index in [0.717, 1.165) is 24.0 Å². The molecule has 0 atom stereocenters. The molecule has 2 aliphatic heterocycles. The molecular weight excluding hydrogens is 279 g/mol. The summed E-state index contributed by atoms with van der Waals surface area (Å²) in [4.78, 5) is 9.31. The van der Waals surface area contributed by atoms with Gasteiger partial charge in [-0.1, -0.05) is 11.8 Å². The van der Waals surface area contributed by atoms with Gasteiger partial charge in [-0.25, -0.2) is 0 Å². The molecule has 1 fully saturated rings. The van der Waals surface area contributed by atoms with Crippen LogP contribution in [0.1, 0.15) is 0 Å². The highest BCUT2D eigenvalue weighted by atomic mass is 35.5. The topological polar surface area (TPSA) is 30.9 Å². The number of hydrogen-bond acceptors (Lipinski definition) is 5. The molecule has 0 amide bonds. The maximum atomic E-state index is 4.37. The molecule has 0 saturated carbocycles. The lowest BCUT2D eigenvalue weighted by Gasteiger charge is -2.32. The molecule has 0 unspecified atom stereocenters. The Morgan fingerprint density at radius 3 is 2.53 bits per heavy atom. The van der Waals surface area contributed by atoms with Crippen molar-refractivity contribution in [2.45, 2.75) is 0 Å². The summed E-state index contributed by atoms with van der Waals surface area (Å²) in [5.41, 5.74) is 0. The Morgan fingerprint density at radius 2 is 1.94 bits per heavy atom. The summed E-state index contributed by atoms with van der Waals surface area (Å²) in [5, 5.41) is 4.43. The van der Waals surface area contributed by atoms with E-state index < -0.39 is 0 Å². The van der Waals surface area contributed by atoms with Gasteiger partial charge < -0.3 is 10.2 Å². The van der Waals surface area contributed by atoms with Crippen molar-refractivity contribution < 1.29 is 0 Å². The predicted octanol–water partition coefficient (Wildman–Crippen LogP) is 0.770. The van der Waals surface area contributed by atoms with Crippen molar-refractivity contribution in [2.75, 3.05) is 58.6 Å². The van der Waals surface area contributed by atoms with Crippen molar-refractivity contribution in [3.05, 3.63) is 0 Å². The van der Waals surface area contributed by atoms with Gasteiger partial charge in [-0.15, -0.1) is 24.8 Å². The second-order valence-corrected chi connectivity index (χ2v) is 5.19. The average Bonchev–Trinajstić information content (AvgIpc) is 2.74. The van der Waals surface area contributed by atoms with Crippen LogP contribution in [0.5, 0.6) is 0 Å². The van der Waals surface area contributed by atoms with Crippen molar-refractivity contribution >= 4 is 41.7 Å². The first-order chi connectivity index (χ1) is 7.34. The highest BCUT2D eigenvalue weighted by Crippen LogP contribution is 2.07. The molecule has 0 aromatic heterocycles. The SMILES string of the molecule is CN1CCN(CCSC2=NCCN2)CC1.Cl.Cl. The van der Waals surface area contributed by atoms with E-state index in [1.54, 1.807) is 0 Å². The molecule has 0 radical (unpaired) electrons. The quantitative estimate of drug-likeness (QED) is 0.834.